The van der Waals surface area contributed by atoms with Crippen LogP contribution in [-0.2, 0) is 9.59 Å². The minimum absolute atomic E-state index is 0.00102. The maximum Gasteiger partial charge on any atom is 0.389 e. The Morgan fingerprint density at radius 3 is 2.25 bits per heavy atom. The summed E-state index contributed by atoms with van der Waals surface area (Å²) in [5, 5.41) is 3.29. The predicted octanol–water partition coefficient (Wildman–Crippen LogP) is 5.24. The van der Waals surface area contributed by atoms with Gasteiger partial charge in [0.1, 0.15) is 5.84 Å². The molecular formula is C28H30F3N3O2. The van der Waals surface area contributed by atoms with Gasteiger partial charge in [0.05, 0.1) is 13.0 Å². The second kappa shape index (κ2) is 11.1. The average molecular weight is 498 g/mol. The zero-order valence-corrected chi connectivity index (χ0v) is 20.2. The standard InChI is InChI=1S/C28H30F3N3O2/c1-2-32-24-17-22(26(19-9-5-3-6-10-19)20-11-7-4-8-12-20)27(36)21-14-16-34(18-23(21)33-24)25(35)13-15-28(29,30)31/h3-12,22,26H,2,13-18H2,1H3,(H,32,33)/t22-/m1/s1. The van der Waals surface area contributed by atoms with E-state index in [4.69, 9.17) is 0 Å². The summed E-state index contributed by atoms with van der Waals surface area (Å²) in [6.07, 6.45) is -5.44. The van der Waals surface area contributed by atoms with Crippen molar-refractivity contribution >= 4 is 17.5 Å². The number of halogens is 3. The van der Waals surface area contributed by atoms with Crippen LogP contribution >= 0.6 is 0 Å². The molecule has 2 aromatic carbocycles. The Labute approximate surface area is 209 Å². The van der Waals surface area contributed by atoms with Crippen LogP contribution in [0.2, 0.25) is 0 Å². The highest BCUT2D eigenvalue weighted by Gasteiger charge is 2.39. The zero-order valence-electron chi connectivity index (χ0n) is 20.2. The number of amides is 1. The van der Waals surface area contributed by atoms with Crippen LogP contribution < -0.4 is 5.32 Å². The third-order valence-electron chi connectivity index (χ3n) is 6.73. The monoisotopic (exact) mass is 497 g/mol. The van der Waals surface area contributed by atoms with Gasteiger partial charge in [0, 0.05) is 49.0 Å². The maximum absolute atomic E-state index is 14.0. The van der Waals surface area contributed by atoms with Gasteiger partial charge in [-0.15, -0.1) is 0 Å². The molecule has 2 heterocycles. The van der Waals surface area contributed by atoms with Crippen LogP contribution in [0.4, 0.5) is 13.2 Å². The lowest BCUT2D eigenvalue weighted by Crippen LogP contribution is -2.42. The minimum Gasteiger partial charge on any atom is -0.346 e. The zero-order chi connectivity index (χ0) is 25.7. The van der Waals surface area contributed by atoms with E-state index in [9.17, 15) is 22.8 Å². The van der Waals surface area contributed by atoms with E-state index in [0.29, 0.717) is 36.5 Å². The van der Waals surface area contributed by atoms with E-state index in [1.165, 1.54) is 4.90 Å². The molecule has 0 aliphatic carbocycles. The van der Waals surface area contributed by atoms with Gasteiger partial charge in [-0.1, -0.05) is 60.7 Å². The Morgan fingerprint density at radius 2 is 1.69 bits per heavy atom. The first kappa shape index (κ1) is 25.7. The number of nitrogens with zero attached hydrogens (tertiary/aromatic N) is 2. The summed E-state index contributed by atoms with van der Waals surface area (Å²) in [6, 6.07) is 19.8. The molecule has 2 aromatic rings. The van der Waals surface area contributed by atoms with Crippen LogP contribution in [0.5, 0.6) is 0 Å². The second-order valence-corrected chi connectivity index (χ2v) is 9.16. The Balaban J connectivity index is 1.68. The molecule has 4 rings (SSSR count). The molecule has 5 nitrogen and oxygen atoms in total. The normalized spacial score (nSPS) is 19.8. The van der Waals surface area contributed by atoms with Gasteiger partial charge in [-0.25, -0.2) is 0 Å². The molecule has 0 saturated carbocycles. The van der Waals surface area contributed by atoms with Gasteiger partial charge < -0.3 is 10.2 Å². The maximum atomic E-state index is 14.0. The summed E-state index contributed by atoms with van der Waals surface area (Å²) in [6.45, 7) is 2.72. The van der Waals surface area contributed by atoms with Gasteiger partial charge >= 0.3 is 6.18 Å². The van der Waals surface area contributed by atoms with Crippen molar-refractivity contribution in [3.05, 3.63) is 83.1 Å². The first-order valence-corrected chi connectivity index (χ1v) is 12.3. The number of rotatable bonds is 6. The highest BCUT2D eigenvalue weighted by atomic mass is 19.4. The molecule has 0 radical (unpaired) electrons. The first-order chi connectivity index (χ1) is 17.3. The molecule has 1 N–H and O–H groups in total. The number of hydrogen-bond acceptors (Lipinski definition) is 3. The lowest BCUT2D eigenvalue weighted by molar-refractivity contribution is -0.149. The molecule has 0 unspecified atom stereocenters. The molecule has 2 aliphatic rings. The smallest absolute Gasteiger partial charge is 0.346 e. The Hall–Kier alpha value is -3.42. The fourth-order valence-electron chi connectivity index (χ4n) is 5.06. The van der Waals surface area contributed by atoms with E-state index >= 15 is 0 Å². The largest absolute Gasteiger partial charge is 0.389 e. The van der Waals surface area contributed by atoms with Crippen molar-refractivity contribution in [1.29, 1.82) is 0 Å². The van der Waals surface area contributed by atoms with E-state index in [-0.39, 0.29) is 24.8 Å². The van der Waals surface area contributed by atoms with E-state index in [1.807, 2.05) is 67.6 Å². The molecule has 190 valence electrons. The van der Waals surface area contributed by atoms with Gasteiger partial charge in [0.2, 0.25) is 5.91 Å². The summed E-state index contributed by atoms with van der Waals surface area (Å²) in [5.74, 6) is -0.509. The molecule has 0 bridgehead atoms. The van der Waals surface area contributed by atoms with Crippen molar-refractivity contribution in [2.75, 3.05) is 19.6 Å². The van der Waals surface area contributed by atoms with Gasteiger partial charge in [0.25, 0.3) is 0 Å². The SMILES string of the molecule is CCN=C1C[C@H](C(c2ccccc2)c2ccccc2)C(=O)C2=C(CN(C(=O)CCC(F)(F)F)CC2)N1. The minimum atomic E-state index is -4.38. The van der Waals surface area contributed by atoms with E-state index in [2.05, 4.69) is 10.3 Å². The number of hydrogen-bond donors (Lipinski definition) is 1. The summed E-state index contributed by atoms with van der Waals surface area (Å²) < 4.78 is 37.9. The van der Waals surface area contributed by atoms with Gasteiger partial charge in [-0.2, -0.15) is 13.2 Å². The molecule has 2 aliphatic heterocycles. The number of benzene rings is 2. The predicted molar refractivity (Wildman–Crippen MR) is 132 cm³/mol. The number of amidine groups is 1. The van der Waals surface area contributed by atoms with Crippen molar-refractivity contribution in [2.45, 2.75) is 44.7 Å². The number of ketones is 1. The van der Waals surface area contributed by atoms with Crippen molar-refractivity contribution in [3.63, 3.8) is 0 Å². The van der Waals surface area contributed by atoms with Crippen LogP contribution in [-0.4, -0.2) is 48.2 Å². The molecule has 1 amide bonds. The topological polar surface area (TPSA) is 61.8 Å². The molecular weight excluding hydrogens is 467 g/mol. The fourth-order valence-corrected chi connectivity index (χ4v) is 5.06. The Morgan fingerprint density at radius 1 is 1.08 bits per heavy atom. The molecule has 0 saturated heterocycles. The van der Waals surface area contributed by atoms with Crippen molar-refractivity contribution in [2.24, 2.45) is 10.9 Å². The third kappa shape index (κ3) is 6.04. The summed E-state index contributed by atoms with van der Waals surface area (Å²) in [7, 11) is 0. The number of alkyl halides is 3. The van der Waals surface area contributed by atoms with Gasteiger partial charge in [-0.3, -0.25) is 14.6 Å². The van der Waals surface area contributed by atoms with Crippen LogP contribution in [0.15, 0.2) is 76.9 Å². The van der Waals surface area contributed by atoms with Crippen LogP contribution in [0.3, 0.4) is 0 Å². The fraction of sp³-hybridized carbons (Fsp3) is 0.393. The van der Waals surface area contributed by atoms with E-state index < -0.39 is 30.8 Å². The number of aliphatic imine (C=N–C) groups is 1. The highest BCUT2D eigenvalue weighted by molar-refractivity contribution is 6.04. The molecule has 1 atom stereocenters. The van der Waals surface area contributed by atoms with Crippen LogP contribution in [0.25, 0.3) is 0 Å². The van der Waals surface area contributed by atoms with E-state index in [1.54, 1.807) is 0 Å². The number of carbonyl (C=O) groups excluding carboxylic acids is 2. The second-order valence-electron chi connectivity index (χ2n) is 9.16. The Kier molecular flexibility index (Phi) is 7.91. The Bertz CT molecular complexity index is 1100. The molecule has 8 heteroatoms. The highest BCUT2D eigenvalue weighted by Crippen LogP contribution is 2.39. The summed E-state index contributed by atoms with van der Waals surface area (Å²) in [4.78, 5) is 32.5. The number of Topliss-reactive ketones (excluding diaryl/α,β-unsaturated/α-hetero) is 1. The molecule has 36 heavy (non-hydrogen) atoms. The molecule has 0 fully saturated rings. The number of carbonyl (C=O) groups is 2. The quantitative estimate of drug-likeness (QED) is 0.594. The van der Waals surface area contributed by atoms with E-state index in [0.717, 1.165) is 11.1 Å². The number of nitrogens with one attached hydrogen (secondary N) is 1. The summed E-state index contributed by atoms with van der Waals surface area (Å²) >= 11 is 0. The van der Waals surface area contributed by atoms with Crippen molar-refractivity contribution in [3.8, 4) is 0 Å². The van der Waals surface area contributed by atoms with Crippen molar-refractivity contribution < 1.29 is 22.8 Å². The molecule has 0 aromatic heterocycles. The van der Waals surface area contributed by atoms with Crippen molar-refractivity contribution in [1.82, 2.24) is 10.2 Å². The van der Waals surface area contributed by atoms with Crippen LogP contribution in [0.1, 0.15) is 49.7 Å². The summed E-state index contributed by atoms with van der Waals surface area (Å²) in [5.41, 5.74) is 3.24. The molecule has 0 spiro atoms. The van der Waals surface area contributed by atoms with Gasteiger partial charge in [0.15, 0.2) is 5.78 Å². The van der Waals surface area contributed by atoms with Gasteiger partial charge in [-0.05, 0) is 24.5 Å². The lowest BCUT2D eigenvalue weighted by Gasteiger charge is -2.31. The lowest BCUT2D eigenvalue weighted by atomic mass is 9.75. The average Bonchev–Trinajstić information content (AvgIpc) is 3.00. The first-order valence-electron chi connectivity index (χ1n) is 12.3. The third-order valence-corrected chi connectivity index (χ3v) is 6.73. The van der Waals surface area contributed by atoms with Crippen LogP contribution in [0, 0.1) is 5.92 Å².